The Hall–Kier alpha value is -3.84. The Morgan fingerprint density at radius 3 is 2.26 bits per heavy atom. The molecule has 0 spiro atoms. The summed E-state index contributed by atoms with van der Waals surface area (Å²) in [6.45, 7) is -0.113. The van der Waals surface area contributed by atoms with Crippen LogP contribution in [0.25, 0.3) is 22.8 Å². The first-order valence-corrected chi connectivity index (χ1v) is 9.75. The second kappa shape index (κ2) is 9.32. The number of carbonyl (C=O) groups excluding carboxylic acids is 1. The molecule has 1 heterocycles. The number of ether oxygens (including phenoxy) is 2. The van der Waals surface area contributed by atoms with Crippen LogP contribution in [0, 0.1) is 0 Å². The van der Waals surface area contributed by atoms with Crippen molar-refractivity contribution in [2.75, 3.05) is 19.0 Å². The number of amides is 1. The minimum atomic E-state index is -0.276. The van der Waals surface area contributed by atoms with E-state index < -0.39 is 0 Å². The van der Waals surface area contributed by atoms with Gasteiger partial charge in [-0.05, 0) is 72.8 Å². The summed E-state index contributed by atoms with van der Waals surface area (Å²) in [7, 11) is 1.61. The molecule has 31 heavy (non-hydrogen) atoms. The molecule has 1 N–H and O–H groups in total. The van der Waals surface area contributed by atoms with Crippen molar-refractivity contribution in [3.05, 3.63) is 77.8 Å². The number of methoxy groups -OCH3 is 1. The molecule has 0 saturated carbocycles. The Kier molecular flexibility index (Phi) is 6.14. The summed E-state index contributed by atoms with van der Waals surface area (Å²) in [5, 5.41) is 7.41. The summed E-state index contributed by atoms with van der Waals surface area (Å²) in [5.41, 5.74) is 2.19. The van der Waals surface area contributed by atoms with E-state index in [9.17, 15) is 4.79 Å². The standard InChI is InChI=1S/C23H18ClN3O4/c1-29-19-10-4-15(5-11-19)22-26-23(31-27-22)16-2-8-18(9-3-16)25-21(28)14-30-20-12-6-17(24)7-13-20/h2-13H,14H2,1H3,(H,25,28). The van der Waals surface area contributed by atoms with Crippen LogP contribution in [0.15, 0.2) is 77.3 Å². The SMILES string of the molecule is COc1ccc(-c2noc(-c3ccc(NC(=O)COc4ccc(Cl)cc4)cc3)n2)cc1. The van der Waals surface area contributed by atoms with Crippen LogP contribution in [0.4, 0.5) is 5.69 Å². The second-order valence-electron chi connectivity index (χ2n) is 6.52. The van der Waals surface area contributed by atoms with Crippen molar-refractivity contribution in [2.45, 2.75) is 0 Å². The molecule has 8 heteroatoms. The van der Waals surface area contributed by atoms with Gasteiger partial charge in [-0.2, -0.15) is 4.98 Å². The smallest absolute Gasteiger partial charge is 0.262 e. The molecule has 0 aliphatic rings. The number of nitrogens with one attached hydrogen (secondary N) is 1. The van der Waals surface area contributed by atoms with E-state index in [1.54, 1.807) is 55.6 Å². The number of aromatic nitrogens is 2. The maximum Gasteiger partial charge on any atom is 0.262 e. The Morgan fingerprint density at radius 1 is 0.935 bits per heavy atom. The van der Waals surface area contributed by atoms with E-state index in [4.69, 9.17) is 25.6 Å². The molecule has 3 aromatic carbocycles. The summed E-state index contributed by atoms with van der Waals surface area (Å²) in [6, 6.07) is 21.3. The van der Waals surface area contributed by atoms with Crippen LogP contribution >= 0.6 is 11.6 Å². The zero-order chi connectivity index (χ0) is 21.6. The van der Waals surface area contributed by atoms with Gasteiger partial charge in [-0.3, -0.25) is 4.79 Å². The van der Waals surface area contributed by atoms with Crippen molar-refractivity contribution in [1.29, 1.82) is 0 Å². The van der Waals surface area contributed by atoms with Gasteiger partial charge in [0.15, 0.2) is 6.61 Å². The van der Waals surface area contributed by atoms with Crippen molar-refractivity contribution in [1.82, 2.24) is 10.1 Å². The number of rotatable bonds is 7. The molecule has 0 unspecified atom stereocenters. The Balaban J connectivity index is 1.36. The van der Waals surface area contributed by atoms with E-state index in [1.807, 2.05) is 24.3 Å². The number of anilines is 1. The van der Waals surface area contributed by atoms with Crippen molar-refractivity contribution in [3.63, 3.8) is 0 Å². The molecular weight excluding hydrogens is 418 g/mol. The third kappa shape index (κ3) is 5.21. The molecule has 0 atom stereocenters. The van der Waals surface area contributed by atoms with Gasteiger partial charge in [0.2, 0.25) is 5.82 Å². The molecule has 4 aromatic rings. The van der Waals surface area contributed by atoms with Crippen molar-refractivity contribution >= 4 is 23.2 Å². The topological polar surface area (TPSA) is 86.5 Å². The molecular formula is C23H18ClN3O4. The van der Waals surface area contributed by atoms with Crippen LogP contribution in [0.1, 0.15) is 0 Å². The average molecular weight is 436 g/mol. The predicted octanol–water partition coefficient (Wildman–Crippen LogP) is 5.08. The number of carbonyl (C=O) groups is 1. The van der Waals surface area contributed by atoms with E-state index in [0.29, 0.717) is 28.2 Å². The zero-order valence-corrected chi connectivity index (χ0v) is 17.3. The van der Waals surface area contributed by atoms with Crippen LogP contribution in [-0.2, 0) is 4.79 Å². The molecule has 0 aliphatic heterocycles. The van der Waals surface area contributed by atoms with Crippen molar-refractivity contribution in [2.24, 2.45) is 0 Å². The first kappa shape index (κ1) is 20.4. The lowest BCUT2D eigenvalue weighted by Crippen LogP contribution is -2.20. The van der Waals surface area contributed by atoms with Gasteiger partial charge >= 0.3 is 0 Å². The molecule has 1 amide bonds. The summed E-state index contributed by atoms with van der Waals surface area (Å²) in [6.07, 6.45) is 0. The lowest BCUT2D eigenvalue weighted by atomic mass is 10.2. The largest absolute Gasteiger partial charge is 0.497 e. The molecule has 4 rings (SSSR count). The predicted molar refractivity (Wildman–Crippen MR) is 117 cm³/mol. The number of nitrogens with zero attached hydrogens (tertiary/aromatic N) is 2. The molecule has 0 aliphatic carbocycles. The van der Waals surface area contributed by atoms with Crippen molar-refractivity contribution in [3.8, 4) is 34.3 Å². The fourth-order valence-corrected chi connectivity index (χ4v) is 2.90. The first-order valence-electron chi connectivity index (χ1n) is 9.37. The minimum absolute atomic E-state index is 0.113. The molecule has 0 bridgehead atoms. The van der Waals surface area contributed by atoms with Crippen LogP contribution in [-0.4, -0.2) is 29.8 Å². The van der Waals surface area contributed by atoms with Gasteiger partial charge in [-0.15, -0.1) is 0 Å². The van der Waals surface area contributed by atoms with E-state index >= 15 is 0 Å². The van der Waals surface area contributed by atoms with Gasteiger partial charge in [-0.25, -0.2) is 0 Å². The lowest BCUT2D eigenvalue weighted by molar-refractivity contribution is -0.118. The highest BCUT2D eigenvalue weighted by atomic mass is 35.5. The van der Waals surface area contributed by atoms with Crippen molar-refractivity contribution < 1.29 is 18.8 Å². The monoisotopic (exact) mass is 435 g/mol. The summed E-state index contributed by atoms with van der Waals surface area (Å²) < 4.78 is 16.0. The Morgan fingerprint density at radius 2 is 1.58 bits per heavy atom. The minimum Gasteiger partial charge on any atom is -0.497 e. The highest BCUT2D eigenvalue weighted by Crippen LogP contribution is 2.25. The first-order chi connectivity index (χ1) is 15.1. The van der Waals surface area contributed by atoms with Gasteiger partial charge < -0.3 is 19.3 Å². The third-order valence-electron chi connectivity index (χ3n) is 4.37. The molecule has 0 saturated heterocycles. The maximum atomic E-state index is 12.1. The molecule has 7 nitrogen and oxygen atoms in total. The lowest BCUT2D eigenvalue weighted by Gasteiger charge is -2.08. The van der Waals surface area contributed by atoms with Gasteiger partial charge in [0.05, 0.1) is 7.11 Å². The molecule has 156 valence electrons. The van der Waals surface area contributed by atoms with E-state index in [2.05, 4.69) is 15.5 Å². The average Bonchev–Trinajstić information content (AvgIpc) is 3.29. The normalized spacial score (nSPS) is 10.5. The molecule has 0 radical (unpaired) electrons. The maximum absolute atomic E-state index is 12.1. The summed E-state index contributed by atoms with van der Waals surface area (Å²) in [5.74, 6) is 1.91. The number of hydrogen-bond donors (Lipinski definition) is 1. The van der Waals surface area contributed by atoms with Gasteiger partial charge in [0, 0.05) is 21.8 Å². The number of halogens is 1. The van der Waals surface area contributed by atoms with E-state index in [0.717, 1.165) is 16.9 Å². The second-order valence-corrected chi connectivity index (χ2v) is 6.96. The fourth-order valence-electron chi connectivity index (χ4n) is 2.77. The van der Waals surface area contributed by atoms with Crippen LogP contribution in [0.3, 0.4) is 0 Å². The van der Waals surface area contributed by atoms with Gasteiger partial charge in [0.1, 0.15) is 11.5 Å². The summed E-state index contributed by atoms with van der Waals surface area (Å²) >= 11 is 5.83. The summed E-state index contributed by atoms with van der Waals surface area (Å²) in [4.78, 5) is 16.5. The highest BCUT2D eigenvalue weighted by Gasteiger charge is 2.11. The fraction of sp³-hybridized carbons (Fsp3) is 0.0870. The quantitative estimate of drug-likeness (QED) is 0.435. The van der Waals surface area contributed by atoms with E-state index in [1.165, 1.54) is 0 Å². The van der Waals surface area contributed by atoms with Crippen LogP contribution in [0.2, 0.25) is 5.02 Å². The molecule has 0 fully saturated rings. The van der Waals surface area contributed by atoms with Crippen LogP contribution in [0.5, 0.6) is 11.5 Å². The Bertz CT molecular complexity index is 1160. The number of benzene rings is 3. The zero-order valence-electron chi connectivity index (χ0n) is 16.5. The third-order valence-corrected chi connectivity index (χ3v) is 4.63. The Labute approximate surface area is 183 Å². The molecule has 1 aromatic heterocycles. The van der Waals surface area contributed by atoms with Gasteiger partial charge in [0.25, 0.3) is 11.8 Å². The number of hydrogen-bond acceptors (Lipinski definition) is 6. The van der Waals surface area contributed by atoms with Gasteiger partial charge in [-0.1, -0.05) is 16.8 Å². The van der Waals surface area contributed by atoms with E-state index in [-0.39, 0.29) is 12.5 Å². The highest BCUT2D eigenvalue weighted by molar-refractivity contribution is 6.30. The van der Waals surface area contributed by atoms with Crippen LogP contribution < -0.4 is 14.8 Å².